The van der Waals surface area contributed by atoms with Gasteiger partial charge in [0.2, 0.25) is 0 Å². The van der Waals surface area contributed by atoms with Gasteiger partial charge < -0.3 is 15.1 Å². The maximum absolute atomic E-state index is 3.42. The molecule has 2 aromatic rings. The lowest BCUT2D eigenvalue weighted by Gasteiger charge is -2.34. The van der Waals surface area contributed by atoms with Gasteiger partial charge in [0.05, 0.1) is 0 Å². The Hall–Kier alpha value is -1.13. The summed E-state index contributed by atoms with van der Waals surface area (Å²) < 4.78 is 0. The Kier molecular flexibility index (Phi) is 10.3. The Bertz CT molecular complexity index is 637. The van der Waals surface area contributed by atoms with Crippen molar-refractivity contribution < 1.29 is 0 Å². The Morgan fingerprint density at radius 3 is 1.63 bits per heavy atom. The lowest BCUT2D eigenvalue weighted by molar-refractivity contribution is 0.505. The van der Waals surface area contributed by atoms with Gasteiger partial charge in [0.15, 0.2) is 0 Å². The molecule has 2 heterocycles. The summed E-state index contributed by atoms with van der Waals surface area (Å²) in [6, 6.07) is 20.2. The number of rotatable bonds is 3. The van der Waals surface area contributed by atoms with Crippen LogP contribution < -0.4 is 15.1 Å². The fourth-order valence-corrected chi connectivity index (χ4v) is 3.99. The van der Waals surface area contributed by atoms with Crippen molar-refractivity contribution in [1.82, 2.24) is 5.32 Å². The molecule has 0 atom stereocenters. The van der Waals surface area contributed by atoms with E-state index in [1.807, 2.05) is 0 Å². The average molecular weight is 431 g/mol. The molecule has 2 saturated heterocycles. The lowest BCUT2D eigenvalue weighted by Crippen LogP contribution is -2.43. The number of halogens is 3. The molecule has 2 aliphatic rings. The van der Waals surface area contributed by atoms with Gasteiger partial charge in [-0.25, -0.2) is 0 Å². The molecule has 0 aromatic heterocycles. The monoisotopic (exact) mass is 429 g/mol. The number of piperazine rings is 1. The molecule has 0 bridgehead atoms. The van der Waals surface area contributed by atoms with Crippen LogP contribution in [0.2, 0.25) is 0 Å². The molecule has 0 radical (unpaired) electrons. The van der Waals surface area contributed by atoms with Crippen molar-refractivity contribution in [2.24, 2.45) is 0 Å². The first-order valence-corrected chi connectivity index (χ1v) is 9.26. The summed E-state index contributed by atoms with van der Waals surface area (Å²) in [6.45, 7) is 6.73. The highest BCUT2D eigenvalue weighted by molar-refractivity contribution is 5.86. The zero-order valence-electron chi connectivity index (χ0n) is 15.5. The second kappa shape index (κ2) is 11.7. The van der Waals surface area contributed by atoms with Crippen LogP contribution in [0.5, 0.6) is 0 Å². The Morgan fingerprint density at radius 2 is 1.11 bits per heavy atom. The van der Waals surface area contributed by atoms with Gasteiger partial charge in [-0.2, -0.15) is 0 Å². The molecule has 0 amide bonds. The smallest absolute Gasteiger partial charge is 0.0368 e. The Balaban J connectivity index is 0.00000121. The first-order valence-electron chi connectivity index (χ1n) is 9.26. The van der Waals surface area contributed by atoms with E-state index in [9.17, 15) is 0 Å². The zero-order valence-corrected chi connectivity index (χ0v) is 18.0. The van der Waals surface area contributed by atoms with Crippen molar-refractivity contribution in [3.63, 3.8) is 0 Å². The van der Waals surface area contributed by atoms with E-state index in [1.54, 1.807) is 0 Å². The first kappa shape index (κ1) is 23.9. The Labute approximate surface area is 181 Å². The summed E-state index contributed by atoms with van der Waals surface area (Å²) in [5.41, 5.74) is 4.24. The van der Waals surface area contributed by atoms with Gasteiger partial charge in [0.1, 0.15) is 0 Å². The van der Waals surface area contributed by atoms with E-state index in [2.05, 4.69) is 69.7 Å². The number of nitrogens with one attached hydrogen (secondary N) is 1. The van der Waals surface area contributed by atoms with E-state index in [0.29, 0.717) is 0 Å². The van der Waals surface area contributed by atoms with E-state index in [1.165, 1.54) is 29.8 Å². The predicted molar refractivity (Wildman–Crippen MR) is 124 cm³/mol. The summed E-state index contributed by atoms with van der Waals surface area (Å²) in [5.74, 6) is 0.725. The van der Waals surface area contributed by atoms with Gasteiger partial charge in [0.25, 0.3) is 0 Å². The van der Waals surface area contributed by atoms with Crippen LogP contribution in [0.15, 0.2) is 54.6 Å². The summed E-state index contributed by atoms with van der Waals surface area (Å²) >= 11 is 0. The van der Waals surface area contributed by atoms with Gasteiger partial charge in [0, 0.05) is 50.6 Å². The number of hydrogen-bond donors (Lipinski definition) is 1. The minimum Gasteiger partial charge on any atom is -0.371 e. The van der Waals surface area contributed by atoms with Crippen molar-refractivity contribution in [1.29, 1.82) is 0 Å². The summed E-state index contributed by atoms with van der Waals surface area (Å²) in [6.07, 6.45) is 2.51. The molecule has 0 saturated carbocycles. The van der Waals surface area contributed by atoms with E-state index in [0.717, 1.165) is 45.2 Å². The molecule has 2 aromatic carbocycles. The number of anilines is 2. The summed E-state index contributed by atoms with van der Waals surface area (Å²) in [4.78, 5) is 5.02. The molecule has 1 N–H and O–H groups in total. The molecule has 0 unspecified atom stereocenters. The van der Waals surface area contributed by atoms with E-state index in [-0.39, 0.29) is 37.2 Å². The van der Waals surface area contributed by atoms with Gasteiger partial charge in [-0.15, -0.1) is 37.2 Å². The molecule has 2 aliphatic heterocycles. The molecule has 3 nitrogen and oxygen atoms in total. The third-order valence-electron chi connectivity index (χ3n) is 5.46. The number of hydrogen-bond acceptors (Lipinski definition) is 3. The predicted octanol–water partition coefficient (Wildman–Crippen LogP) is 4.75. The maximum Gasteiger partial charge on any atom is 0.0368 e. The summed E-state index contributed by atoms with van der Waals surface area (Å²) in [5, 5.41) is 3.42. The lowest BCUT2D eigenvalue weighted by atomic mass is 9.89. The minimum atomic E-state index is 0. The second-order valence-corrected chi connectivity index (χ2v) is 6.93. The largest absolute Gasteiger partial charge is 0.371 e. The fraction of sp³-hybridized carbons (Fsp3) is 0.429. The van der Waals surface area contributed by atoms with Crippen molar-refractivity contribution in [3.8, 4) is 0 Å². The van der Waals surface area contributed by atoms with Crippen LogP contribution in [0, 0.1) is 0 Å². The van der Waals surface area contributed by atoms with Crippen LogP contribution in [-0.4, -0.2) is 39.3 Å². The fourth-order valence-electron chi connectivity index (χ4n) is 3.99. The zero-order chi connectivity index (χ0) is 16.2. The van der Waals surface area contributed by atoms with E-state index < -0.39 is 0 Å². The SMILES string of the molecule is Cl.Cl.Cl.c1ccc(C2CCN(c3ccc(N4CCNCC4)cc3)CC2)cc1. The molecule has 0 spiro atoms. The molecule has 2 fully saturated rings. The van der Waals surface area contributed by atoms with Crippen molar-refractivity contribution in [2.45, 2.75) is 18.8 Å². The van der Waals surface area contributed by atoms with Crippen LogP contribution in [0.3, 0.4) is 0 Å². The van der Waals surface area contributed by atoms with Crippen molar-refractivity contribution in [3.05, 3.63) is 60.2 Å². The van der Waals surface area contributed by atoms with E-state index in [4.69, 9.17) is 0 Å². The topological polar surface area (TPSA) is 18.5 Å². The highest BCUT2D eigenvalue weighted by atomic mass is 35.5. The maximum atomic E-state index is 3.42. The number of nitrogens with zero attached hydrogens (tertiary/aromatic N) is 2. The van der Waals surface area contributed by atoms with Crippen LogP contribution >= 0.6 is 37.2 Å². The van der Waals surface area contributed by atoms with Crippen molar-refractivity contribution >= 4 is 48.6 Å². The quantitative estimate of drug-likeness (QED) is 0.758. The van der Waals surface area contributed by atoms with Gasteiger partial charge in [-0.3, -0.25) is 0 Å². The van der Waals surface area contributed by atoms with Crippen LogP contribution in [0.4, 0.5) is 11.4 Å². The number of benzene rings is 2. The molecule has 27 heavy (non-hydrogen) atoms. The molecule has 6 heteroatoms. The molecule has 150 valence electrons. The summed E-state index contributed by atoms with van der Waals surface area (Å²) in [7, 11) is 0. The van der Waals surface area contributed by atoms with Crippen LogP contribution in [-0.2, 0) is 0 Å². The van der Waals surface area contributed by atoms with Crippen LogP contribution in [0.1, 0.15) is 24.3 Å². The highest BCUT2D eigenvalue weighted by Gasteiger charge is 2.20. The average Bonchev–Trinajstić information content (AvgIpc) is 2.70. The van der Waals surface area contributed by atoms with Crippen molar-refractivity contribution in [2.75, 3.05) is 49.1 Å². The van der Waals surface area contributed by atoms with Crippen LogP contribution in [0.25, 0.3) is 0 Å². The molecule has 4 rings (SSSR count). The number of piperidine rings is 1. The second-order valence-electron chi connectivity index (χ2n) is 6.93. The normalized spacial score (nSPS) is 17.3. The molecular formula is C21H30Cl3N3. The molecular weight excluding hydrogens is 401 g/mol. The third kappa shape index (κ3) is 5.92. The standard InChI is InChI=1S/C21H27N3.3ClH/c1-2-4-18(5-3-1)19-10-14-23(15-11-19)20-6-8-21(9-7-20)24-16-12-22-13-17-24;;;/h1-9,19,22H,10-17H2;3*1H. The highest BCUT2D eigenvalue weighted by Crippen LogP contribution is 2.31. The van der Waals surface area contributed by atoms with E-state index >= 15 is 0 Å². The minimum absolute atomic E-state index is 0. The Morgan fingerprint density at radius 1 is 0.630 bits per heavy atom. The van der Waals surface area contributed by atoms with Gasteiger partial charge >= 0.3 is 0 Å². The van der Waals surface area contributed by atoms with Gasteiger partial charge in [-0.05, 0) is 48.6 Å². The third-order valence-corrected chi connectivity index (χ3v) is 5.46. The first-order chi connectivity index (χ1) is 11.9. The van der Waals surface area contributed by atoms with Gasteiger partial charge in [-0.1, -0.05) is 30.3 Å². The molecule has 0 aliphatic carbocycles.